The molecule has 2 aromatic heterocycles. The van der Waals surface area contributed by atoms with Crippen LogP contribution in [-0.4, -0.2) is 5.11 Å². The Kier molecular flexibility index (Phi) is 2.93. The van der Waals surface area contributed by atoms with Crippen molar-refractivity contribution in [1.82, 2.24) is 0 Å². The summed E-state index contributed by atoms with van der Waals surface area (Å²) in [5, 5.41) is 14.4. The SMILES string of the molecule is CC(O)(CCc1ccsc1)c1ccoc1. The van der Waals surface area contributed by atoms with Crippen LogP contribution in [0.1, 0.15) is 24.5 Å². The van der Waals surface area contributed by atoms with Gasteiger partial charge in [-0.1, -0.05) is 0 Å². The van der Waals surface area contributed by atoms with Crippen molar-refractivity contribution in [3.8, 4) is 0 Å². The monoisotopic (exact) mass is 222 g/mol. The Morgan fingerprint density at radius 3 is 2.93 bits per heavy atom. The molecule has 2 heterocycles. The maximum Gasteiger partial charge on any atom is 0.0963 e. The number of thiophene rings is 1. The van der Waals surface area contributed by atoms with Gasteiger partial charge >= 0.3 is 0 Å². The van der Waals surface area contributed by atoms with Gasteiger partial charge in [0.25, 0.3) is 0 Å². The molecule has 0 aliphatic carbocycles. The minimum Gasteiger partial charge on any atom is -0.472 e. The summed E-state index contributed by atoms with van der Waals surface area (Å²) in [5.41, 5.74) is 1.33. The average molecular weight is 222 g/mol. The third-order valence-corrected chi connectivity index (χ3v) is 3.36. The lowest BCUT2D eigenvalue weighted by molar-refractivity contribution is 0.0475. The topological polar surface area (TPSA) is 33.4 Å². The molecular formula is C12H14O2S. The van der Waals surface area contributed by atoms with Crippen molar-refractivity contribution in [3.05, 3.63) is 46.5 Å². The van der Waals surface area contributed by atoms with Crippen LogP contribution in [0.2, 0.25) is 0 Å². The van der Waals surface area contributed by atoms with Crippen molar-refractivity contribution in [3.63, 3.8) is 0 Å². The van der Waals surface area contributed by atoms with Gasteiger partial charge in [-0.3, -0.25) is 0 Å². The lowest BCUT2D eigenvalue weighted by atomic mass is 9.92. The van der Waals surface area contributed by atoms with Gasteiger partial charge in [0.2, 0.25) is 0 Å². The minimum atomic E-state index is -0.797. The van der Waals surface area contributed by atoms with E-state index in [2.05, 4.69) is 16.8 Å². The predicted molar refractivity (Wildman–Crippen MR) is 60.9 cm³/mol. The molecule has 3 heteroatoms. The van der Waals surface area contributed by atoms with Crippen LogP contribution in [0, 0.1) is 0 Å². The highest BCUT2D eigenvalue weighted by Gasteiger charge is 2.23. The van der Waals surface area contributed by atoms with Crippen LogP contribution in [0.4, 0.5) is 0 Å². The second kappa shape index (κ2) is 4.21. The number of hydrogen-bond acceptors (Lipinski definition) is 3. The van der Waals surface area contributed by atoms with E-state index in [1.807, 2.05) is 13.0 Å². The molecule has 0 radical (unpaired) electrons. The molecule has 0 saturated carbocycles. The Bertz CT molecular complexity index is 387. The quantitative estimate of drug-likeness (QED) is 0.862. The van der Waals surface area contributed by atoms with Crippen LogP contribution in [0.25, 0.3) is 0 Å². The second-order valence-electron chi connectivity index (χ2n) is 3.92. The highest BCUT2D eigenvalue weighted by Crippen LogP contribution is 2.26. The summed E-state index contributed by atoms with van der Waals surface area (Å²) in [5.74, 6) is 0. The van der Waals surface area contributed by atoms with Crippen molar-refractivity contribution >= 4 is 11.3 Å². The molecule has 0 spiro atoms. The number of furan rings is 1. The molecule has 1 atom stereocenters. The van der Waals surface area contributed by atoms with Gasteiger partial charge in [0.05, 0.1) is 18.1 Å². The maximum absolute atomic E-state index is 10.2. The Hall–Kier alpha value is -1.06. The molecule has 1 N–H and O–H groups in total. The number of aliphatic hydroxyl groups is 1. The van der Waals surface area contributed by atoms with Crippen molar-refractivity contribution in [2.24, 2.45) is 0 Å². The van der Waals surface area contributed by atoms with Crippen LogP contribution < -0.4 is 0 Å². The molecule has 0 aliphatic rings. The zero-order valence-electron chi connectivity index (χ0n) is 8.64. The van der Waals surface area contributed by atoms with E-state index in [9.17, 15) is 5.11 Å². The van der Waals surface area contributed by atoms with Gasteiger partial charge in [-0.25, -0.2) is 0 Å². The highest BCUT2D eigenvalue weighted by atomic mass is 32.1. The summed E-state index contributed by atoms with van der Waals surface area (Å²) < 4.78 is 4.98. The van der Waals surface area contributed by atoms with E-state index in [1.165, 1.54) is 5.56 Å². The molecule has 2 nitrogen and oxygen atoms in total. The average Bonchev–Trinajstić information content (AvgIpc) is 2.88. The first kappa shape index (κ1) is 10.5. The van der Waals surface area contributed by atoms with Crippen molar-refractivity contribution < 1.29 is 9.52 Å². The molecule has 0 fully saturated rings. The molecule has 0 amide bonds. The zero-order valence-corrected chi connectivity index (χ0v) is 9.46. The summed E-state index contributed by atoms with van der Waals surface area (Å²) in [6.07, 6.45) is 4.80. The molecule has 80 valence electrons. The second-order valence-corrected chi connectivity index (χ2v) is 4.70. The lowest BCUT2D eigenvalue weighted by Crippen LogP contribution is -2.21. The van der Waals surface area contributed by atoms with Gasteiger partial charge in [-0.2, -0.15) is 11.3 Å². The fourth-order valence-electron chi connectivity index (χ4n) is 1.54. The Labute approximate surface area is 93.2 Å². The van der Waals surface area contributed by atoms with Gasteiger partial charge in [0.1, 0.15) is 0 Å². The predicted octanol–water partition coefficient (Wildman–Crippen LogP) is 3.18. The summed E-state index contributed by atoms with van der Waals surface area (Å²) in [7, 11) is 0. The molecule has 1 unspecified atom stereocenters. The van der Waals surface area contributed by atoms with Crippen molar-refractivity contribution in [2.45, 2.75) is 25.4 Å². The van der Waals surface area contributed by atoms with Crippen molar-refractivity contribution in [1.29, 1.82) is 0 Å². The fourth-order valence-corrected chi connectivity index (χ4v) is 2.24. The molecule has 0 aliphatic heterocycles. The number of rotatable bonds is 4. The van der Waals surface area contributed by atoms with Crippen LogP contribution in [-0.2, 0) is 12.0 Å². The third-order valence-electron chi connectivity index (χ3n) is 2.62. The molecule has 0 saturated heterocycles. The first-order valence-corrected chi connectivity index (χ1v) is 5.89. The van der Waals surface area contributed by atoms with E-state index < -0.39 is 5.60 Å². The standard InChI is InChI=1S/C12H14O2S/c1-12(13,11-3-6-14-8-11)5-2-10-4-7-15-9-10/h3-4,6-9,13H,2,5H2,1H3. The zero-order chi connectivity index (χ0) is 10.7. The molecule has 0 aromatic carbocycles. The molecule has 0 bridgehead atoms. The van der Waals surface area contributed by atoms with Gasteiger partial charge < -0.3 is 9.52 Å². The van der Waals surface area contributed by atoms with Gasteiger partial charge in [-0.05, 0) is 48.2 Å². The smallest absolute Gasteiger partial charge is 0.0963 e. The molecule has 2 rings (SSSR count). The summed E-state index contributed by atoms with van der Waals surface area (Å²) >= 11 is 1.69. The van der Waals surface area contributed by atoms with Crippen LogP contribution in [0.3, 0.4) is 0 Å². The maximum atomic E-state index is 10.2. The van der Waals surface area contributed by atoms with Gasteiger partial charge in [-0.15, -0.1) is 0 Å². The lowest BCUT2D eigenvalue weighted by Gasteiger charge is -2.21. The summed E-state index contributed by atoms with van der Waals surface area (Å²) in [4.78, 5) is 0. The van der Waals surface area contributed by atoms with Crippen LogP contribution >= 0.6 is 11.3 Å². The van der Waals surface area contributed by atoms with Crippen LogP contribution in [0.15, 0.2) is 39.8 Å². The normalized spacial score (nSPS) is 15.1. The Morgan fingerprint density at radius 1 is 1.47 bits per heavy atom. The van der Waals surface area contributed by atoms with E-state index in [0.717, 1.165) is 12.0 Å². The fraction of sp³-hybridized carbons (Fsp3) is 0.333. The van der Waals surface area contributed by atoms with E-state index in [-0.39, 0.29) is 0 Å². The summed E-state index contributed by atoms with van der Waals surface area (Å²) in [6, 6.07) is 3.91. The highest BCUT2D eigenvalue weighted by molar-refractivity contribution is 7.07. The van der Waals surface area contributed by atoms with Crippen LogP contribution in [0.5, 0.6) is 0 Å². The number of hydrogen-bond donors (Lipinski definition) is 1. The van der Waals surface area contributed by atoms with E-state index >= 15 is 0 Å². The molecular weight excluding hydrogens is 208 g/mol. The van der Waals surface area contributed by atoms with E-state index in [1.54, 1.807) is 23.9 Å². The van der Waals surface area contributed by atoms with Gasteiger partial charge in [0.15, 0.2) is 0 Å². The molecule has 15 heavy (non-hydrogen) atoms. The summed E-state index contributed by atoms with van der Waals surface area (Å²) in [6.45, 7) is 1.82. The molecule has 2 aromatic rings. The third kappa shape index (κ3) is 2.49. The first-order chi connectivity index (χ1) is 7.18. The number of aryl methyl sites for hydroxylation is 1. The Morgan fingerprint density at radius 2 is 2.33 bits per heavy atom. The van der Waals surface area contributed by atoms with E-state index in [0.29, 0.717) is 6.42 Å². The van der Waals surface area contributed by atoms with Gasteiger partial charge in [0, 0.05) is 5.56 Å². The van der Waals surface area contributed by atoms with Crippen molar-refractivity contribution in [2.75, 3.05) is 0 Å². The first-order valence-electron chi connectivity index (χ1n) is 4.94. The van der Waals surface area contributed by atoms with E-state index in [4.69, 9.17) is 4.42 Å². The Balaban J connectivity index is 1.99. The largest absolute Gasteiger partial charge is 0.472 e. The minimum absolute atomic E-state index is 0.712.